The van der Waals surface area contributed by atoms with Gasteiger partial charge in [-0.15, -0.1) is 10.2 Å². The second-order valence-electron chi connectivity index (χ2n) is 4.82. The maximum Gasteiger partial charge on any atom is 0.123 e. The Morgan fingerprint density at radius 3 is 2.56 bits per heavy atom. The number of aromatic nitrogens is 3. The van der Waals surface area contributed by atoms with E-state index in [0.717, 1.165) is 17.8 Å². The molecule has 0 radical (unpaired) electrons. The van der Waals surface area contributed by atoms with Crippen molar-refractivity contribution in [1.82, 2.24) is 14.8 Å². The highest BCUT2D eigenvalue weighted by Gasteiger charge is 2.10. The van der Waals surface area contributed by atoms with Crippen LogP contribution in [0.25, 0.3) is 5.69 Å². The van der Waals surface area contributed by atoms with Crippen LogP contribution >= 0.6 is 0 Å². The normalized spacial score (nSPS) is 12.7. The van der Waals surface area contributed by atoms with Gasteiger partial charge in [-0.05, 0) is 30.5 Å². The first-order valence-electron chi connectivity index (χ1n) is 6.42. The van der Waals surface area contributed by atoms with E-state index in [9.17, 15) is 0 Å². The van der Waals surface area contributed by atoms with Gasteiger partial charge in [0.15, 0.2) is 0 Å². The van der Waals surface area contributed by atoms with Gasteiger partial charge in [-0.1, -0.05) is 26.8 Å². The molecule has 0 aliphatic heterocycles. The molecule has 2 rings (SSSR count). The summed E-state index contributed by atoms with van der Waals surface area (Å²) < 4.78 is 1.90. The van der Waals surface area contributed by atoms with Crippen LogP contribution in [-0.2, 0) is 0 Å². The van der Waals surface area contributed by atoms with E-state index in [1.165, 1.54) is 0 Å². The molecule has 1 aromatic carbocycles. The van der Waals surface area contributed by atoms with Crippen molar-refractivity contribution in [2.45, 2.75) is 33.2 Å². The van der Waals surface area contributed by atoms with E-state index in [1.807, 2.05) is 16.7 Å². The van der Waals surface area contributed by atoms with Crippen LogP contribution in [0.15, 0.2) is 36.9 Å². The third-order valence-electron chi connectivity index (χ3n) is 3.16. The van der Waals surface area contributed by atoms with E-state index < -0.39 is 0 Å². The van der Waals surface area contributed by atoms with Crippen molar-refractivity contribution in [2.24, 2.45) is 5.92 Å². The van der Waals surface area contributed by atoms with E-state index in [0.29, 0.717) is 12.0 Å². The molecule has 0 aliphatic carbocycles. The monoisotopic (exact) mass is 244 g/mol. The van der Waals surface area contributed by atoms with Crippen molar-refractivity contribution in [3.05, 3.63) is 36.9 Å². The zero-order valence-corrected chi connectivity index (χ0v) is 11.2. The van der Waals surface area contributed by atoms with Gasteiger partial charge in [-0.2, -0.15) is 0 Å². The quantitative estimate of drug-likeness (QED) is 0.878. The first-order chi connectivity index (χ1) is 8.70. The van der Waals surface area contributed by atoms with Crippen LogP contribution < -0.4 is 5.32 Å². The fourth-order valence-corrected chi connectivity index (χ4v) is 2.04. The van der Waals surface area contributed by atoms with E-state index in [4.69, 9.17) is 0 Å². The zero-order chi connectivity index (χ0) is 13.0. The highest BCUT2D eigenvalue weighted by Crippen LogP contribution is 2.18. The predicted molar refractivity (Wildman–Crippen MR) is 73.9 cm³/mol. The first-order valence-corrected chi connectivity index (χ1v) is 6.42. The molecule has 2 aromatic rings. The Morgan fingerprint density at radius 2 is 1.94 bits per heavy atom. The number of benzene rings is 1. The highest BCUT2D eigenvalue weighted by atomic mass is 15.2. The van der Waals surface area contributed by atoms with E-state index in [2.05, 4.69) is 48.4 Å². The fourth-order valence-electron chi connectivity index (χ4n) is 2.04. The molecule has 1 aromatic heterocycles. The highest BCUT2D eigenvalue weighted by molar-refractivity contribution is 5.51. The minimum Gasteiger partial charge on any atom is -0.382 e. The third-order valence-corrected chi connectivity index (χ3v) is 3.16. The summed E-state index contributed by atoms with van der Waals surface area (Å²) in [5, 5.41) is 11.2. The molecule has 0 amide bonds. The van der Waals surface area contributed by atoms with Crippen LogP contribution in [0.2, 0.25) is 0 Å². The molecule has 1 N–H and O–H groups in total. The summed E-state index contributed by atoms with van der Waals surface area (Å²) in [5.74, 6) is 0.619. The van der Waals surface area contributed by atoms with Gasteiger partial charge in [-0.25, -0.2) is 0 Å². The van der Waals surface area contributed by atoms with Crippen molar-refractivity contribution in [3.63, 3.8) is 0 Å². The molecule has 0 bridgehead atoms. The maximum absolute atomic E-state index is 3.83. The Hall–Kier alpha value is -1.84. The van der Waals surface area contributed by atoms with Gasteiger partial charge >= 0.3 is 0 Å². The lowest BCUT2D eigenvalue weighted by Gasteiger charge is -2.22. The first kappa shape index (κ1) is 12.6. The molecule has 0 saturated carbocycles. The summed E-state index contributed by atoms with van der Waals surface area (Å²) in [4.78, 5) is 0. The number of hydrogen-bond acceptors (Lipinski definition) is 3. The van der Waals surface area contributed by atoms with Gasteiger partial charge in [0.05, 0.1) is 5.69 Å². The second kappa shape index (κ2) is 5.67. The molecule has 0 fully saturated rings. The predicted octanol–water partition coefficient (Wildman–Crippen LogP) is 3.11. The lowest BCUT2D eigenvalue weighted by atomic mass is 10.0. The molecule has 18 heavy (non-hydrogen) atoms. The van der Waals surface area contributed by atoms with Crippen LogP contribution in [-0.4, -0.2) is 20.8 Å². The largest absolute Gasteiger partial charge is 0.382 e. The SMILES string of the molecule is CCC(Nc1cccc(-n2cnnc2)c1)C(C)C. The van der Waals surface area contributed by atoms with Gasteiger partial charge in [-0.3, -0.25) is 4.57 Å². The molecule has 4 nitrogen and oxygen atoms in total. The Balaban J connectivity index is 2.17. The topological polar surface area (TPSA) is 42.7 Å². The van der Waals surface area contributed by atoms with Crippen LogP contribution in [0.3, 0.4) is 0 Å². The Morgan fingerprint density at radius 1 is 1.22 bits per heavy atom. The van der Waals surface area contributed by atoms with Gasteiger partial charge in [0, 0.05) is 11.7 Å². The van der Waals surface area contributed by atoms with E-state index in [1.54, 1.807) is 12.7 Å². The van der Waals surface area contributed by atoms with Crippen molar-refractivity contribution in [3.8, 4) is 5.69 Å². The Bertz CT molecular complexity index is 476. The lowest BCUT2D eigenvalue weighted by molar-refractivity contribution is 0.511. The average molecular weight is 244 g/mol. The number of rotatable bonds is 5. The van der Waals surface area contributed by atoms with Crippen LogP contribution in [0, 0.1) is 5.92 Å². The molecular weight excluding hydrogens is 224 g/mol. The number of nitrogens with one attached hydrogen (secondary N) is 1. The molecule has 1 atom stereocenters. The molecule has 0 spiro atoms. The van der Waals surface area contributed by atoms with Crippen LogP contribution in [0.5, 0.6) is 0 Å². The summed E-state index contributed by atoms with van der Waals surface area (Å²) in [6, 6.07) is 8.81. The van der Waals surface area contributed by atoms with Crippen LogP contribution in [0.1, 0.15) is 27.2 Å². The molecule has 96 valence electrons. The van der Waals surface area contributed by atoms with E-state index >= 15 is 0 Å². The van der Waals surface area contributed by atoms with Crippen molar-refractivity contribution < 1.29 is 0 Å². The summed E-state index contributed by atoms with van der Waals surface area (Å²) in [6.45, 7) is 6.69. The average Bonchev–Trinajstić information content (AvgIpc) is 2.90. The summed E-state index contributed by atoms with van der Waals surface area (Å²) in [6.07, 6.45) is 4.53. The number of anilines is 1. The molecule has 0 aliphatic rings. The van der Waals surface area contributed by atoms with Crippen molar-refractivity contribution >= 4 is 5.69 Å². The summed E-state index contributed by atoms with van der Waals surface area (Å²) in [7, 11) is 0. The van der Waals surface area contributed by atoms with Gasteiger partial charge < -0.3 is 5.32 Å². The standard InChI is InChI=1S/C14H20N4/c1-4-14(11(2)3)17-12-6-5-7-13(8-12)18-9-15-16-10-18/h5-11,14,17H,4H2,1-3H3. The van der Waals surface area contributed by atoms with Crippen molar-refractivity contribution in [2.75, 3.05) is 5.32 Å². The zero-order valence-electron chi connectivity index (χ0n) is 11.2. The Labute approximate surface area is 108 Å². The van der Waals surface area contributed by atoms with Crippen molar-refractivity contribution in [1.29, 1.82) is 0 Å². The third kappa shape index (κ3) is 2.88. The van der Waals surface area contributed by atoms with Gasteiger partial charge in [0.1, 0.15) is 12.7 Å². The van der Waals surface area contributed by atoms with E-state index in [-0.39, 0.29) is 0 Å². The minimum absolute atomic E-state index is 0.501. The smallest absolute Gasteiger partial charge is 0.123 e. The number of hydrogen-bond donors (Lipinski definition) is 1. The van der Waals surface area contributed by atoms with Gasteiger partial charge in [0.2, 0.25) is 0 Å². The lowest BCUT2D eigenvalue weighted by Crippen LogP contribution is -2.24. The summed E-state index contributed by atoms with van der Waals surface area (Å²) >= 11 is 0. The summed E-state index contributed by atoms with van der Waals surface area (Å²) in [5.41, 5.74) is 2.21. The molecule has 4 heteroatoms. The minimum atomic E-state index is 0.501. The fraction of sp³-hybridized carbons (Fsp3) is 0.429. The maximum atomic E-state index is 3.83. The molecule has 1 unspecified atom stereocenters. The van der Waals surface area contributed by atoms with Gasteiger partial charge in [0.25, 0.3) is 0 Å². The Kier molecular flexibility index (Phi) is 3.97. The molecular formula is C14H20N4. The number of nitrogens with zero attached hydrogens (tertiary/aromatic N) is 3. The second-order valence-corrected chi connectivity index (χ2v) is 4.82. The molecule has 0 saturated heterocycles. The molecule has 1 heterocycles. The van der Waals surface area contributed by atoms with Crippen LogP contribution in [0.4, 0.5) is 5.69 Å².